The van der Waals surface area contributed by atoms with E-state index < -0.39 is 6.04 Å². The number of ether oxygens (including phenoxy) is 1. The van der Waals surface area contributed by atoms with Crippen LogP contribution in [0, 0.1) is 0 Å². The first-order chi connectivity index (χ1) is 22.6. The topological polar surface area (TPSA) is 97.7 Å². The fourth-order valence-electron chi connectivity index (χ4n) is 6.00. The van der Waals surface area contributed by atoms with Crippen LogP contribution in [0.5, 0.6) is 5.75 Å². The van der Waals surface area contributed by atoms with Gasteiger partial charge in [0, 0.05) is 29.7 Å². The van der Waals surface area contributed by atoms with Crippen molar-refractivity contribution >= 4 is 27.6 Å². The number of methoxy groups -OCH3 is 1. The van der Waals surface area contributed by atoms with Crippen molar-refractivity contribution in [2.24, 2.45) is 0 Å². The number of hydrogen-bond acceptors (Lipinski definition) is 5. The van der Waals surface area contributed by atoms with Gasteiger partial charge in [0.1, 0.15) is 17.3 Å². The summed E-state index contributed by atoms with van der Waals surface area (Å²) in [6.07, 6.45) is 5.71. The highest BCUT2D eigenvalue weighted by Crippen LogP contribution is 2.25. The third-order valence-corrected chi connectivity index (χ3v) is 8.42. The Bertz CT molecular complexity index is 2100. The Morgan fingerprint density at radius 1 is 0.848 bits per heavy atom. The van der Waals surface area contributed by atoms with Crippen LogP contribution in [0.2, 0.25) is 0 Å². The average Bonchev–Trinajstić information content (AvgIpc) is 3.71. The van der Waals surface area contributed by atoms with Crippen molar-refractivity contribution in [3.63, 3.8) is 0 Å². The molecule has 0 aliphatic rings. The van der Waals surface area contributed by atoms with Gasteiger partial charge in [-0.05, 0) is 70.6 Å². The lowest BCUT2D eigenvalue weighted by atomic mass is 10.0. The molecule has 0 unspecified atom stereocenters. The summed E-state index contributed by atoms with van der Waals surface area (Å²) in [5, 5.41) is 16.3. The van der Waals surface area contributed by atoms with Gasteiger partial charge in [0.25, 0.3) is 5.91 Å². The predicted molar refractivity (Wildman–Crippen MR) is 180 cm³/mol. The molecule has 0 saturated carbocycles. The number of para-hydroxylation sites is 1. The number of fused-ring (bicyclic) bond motifs is 2. The maximum Gasteiger partial charge on any atom is 0.270 e. The smallest absolute Gasteiger partial charge is 0.270 e. The number of carbonyl (C=O) groups is 1. The molecular formula is C38H34N6O2. The Morgan fingerprint density at radius 3 is 2.46 bits per heavy atom. The van der Waals surface area contributed by atoms with E-state index in [0.717, 1.165) is 40.0 Å². The third-order valence-electron chi connectivity index (χ3n) is 8.42. The number of nitrogens with one attached hydrogen (secondary N) is 2. The summed E-state index contributed by atoms with van der Waals surface area (Å²) in [6.45, 7) is 0.545. The Morgan fingerprint density at radius 2 is 1.63 bits per heavy atom. The van der Waals surface area contributed by atoms with Gasteiger partial charge in [0.05, 0.1) is 19.7 Å². The minimum Gasteiger partial charge on any atom is -0.497 e. The van der Waals surface area contributed by atoms with Gasteiger partial charge < -0.3 is 19.6 Å². The molecule has 1 amide bonds. The van der Waals surface area contributed by atoms with E-state index in [9.17, 15) is 4.79 Å². The molecule has 7 rings (SSSR count). The van der Waals surface area contributed by atoms with Crippen molar-refractivity contribution in [2.45, 2.75) is 31.8 Å². The number of hydrogen-bond donors (Lipinski definition) is 2. The van der Waals surface area contributed by atoms with Crippen LogP contribution in [0.3, 0.4) is 0 Å². The van der Waals surface area contributed by atoms with Gasteiger partial charge in [-0.25, -0.2) is 0 Å². The first-order valence-corrected chi connectivity index (χ1v) is 15.4. The highest BCUT2D eigenvalue weighted by atomic mass is 16.5. The Labute approximate surface area is 267 Å². The van der Waals surface area contributed by atoms with Gasteiger partial charge >= 0.3 is 0 Å². The average molecular weight is 607 g/mol. The number of amides is 1. The Kier molecular flexibility index (Phi) is 8.24. The largest absolute Gasteiger partial charge is 0.497 e. The quantitative estimate of drug-likeness (QED) is 0.168. The van der Waals surface area contributed by atoms with Gasteiger partial charge in [0.2, 0.25) is 0 Å². The molecule has 46 heavy (non-hydrogen) atoms. The van der Waals surface area contributed by atoms with Gasteiger partial charge in [0.15, 0.2) is 5.82 Å². The van der Waals surface area contributed by atoms with E-state index in [1.54, 1.807) is 25.4 Å². The van der Waals surface area contributed by atoms with E-state index in [-0.39, 0.29) is 5.91 Å². The maximum absolute atomic E-state index is 13.5. The van der Waals surface area contributed by atoms with Crippen LogP contribution in [0.4, 0.5) is 0 Å². The number of benzene rings is 4. The fraction of sp³-hybridized carbons (Fsp3) is 0.158. The van der Waals surface area contributed by atoms with Crippen molar-refractivity contribution in [2.75, 3.05) is 7.11 Å². The summed E-state index contributed by atoms with van der Waals surface area (Å²) >= 11 is 0. The van der Waals surface area contributed by atoms with Crippen LogP contribution in [0.1, 0.15) is 44.9 Å². The summed E-state index contributed by atoms with van der Waals surface area (Å²) in [5.74, 6) is 2.09. The third kappa shape index (κ3) is 6.23. The number of pyridine rings is 1. The molecule has 8 nitrogen and oxygen atoms in total. The molecule has 8 heteroatoms. The molecule has 7 aromatic rings. The van der Waals surface area contributed by atoms with Crippen molar-refractivity contribution in [3.05, 3.63) is 156 Å². The van der Waals surface area contributed by atoms with Crippen LogP contribution in [0.25, 0.3) is 21.7 Å². The molecule has 1 atom stereocenters. The summed E-state index contributed by atoms with van der Waals surface area (Å²) in [7, 11) is 1.66. The molecule has 0 radical (unpaired) electrons. The van der Waals surface area contributed by atoms with E-state index in [1.165, 1.54) is 16.3 Å². The molecule has 3 heterocycles. The SMILES string of the molecule is COc1ccc(Cn2c(CCc3c[nH]c4ccccc34)nnc2[C@@H](Cc2ccc3ccccc3c2)NC(=O)c2ccccn2)cc1. The number of H-pyrrole nitrogens is 1. The van der Waals surface area contributed by atoms with Crippen LogP contribution in [-0.2, 0) is 25.8 Å². The lowest BCUT2D eigenvalue weighted by molar-refractivity contribution is 0.0929. The highest BCUT2D eigenvalue weighted by Gasteiger charge is 2.25. The Hall–Kier alpha value is -5.76. The second-order valence-corrected chi connectivity index (χ2v) is 11.4. The van der Waals surface area contributed by atoms with Crippen molar-refractivity contribution in [1.82, 2.24) is 30.0 Å². The summed E-state index contributed by atoms with van der Waals surface area (Å²) in [4.78, 5) is 21.2. The molecule has 0 aliphatic carbocycles. The van der Waals surface area contributed by atoms with Crippen LogP contribution in [-0.4, -0.2) is 37.7 Å². The highest BCUT2D eigenvalue weighted by molar-refractivity contribution is 5.92. The van der Waals surface area contributed by atoms with Crippen molar-refractivity contribution < 1.29 is 9.53 Å². The summed E-state index contributed by atoms with van der Waals surface area (Å²) in [6, 6.07) is 35.9. The molecule has 3 aromatic heterocycles. The number of aromatic amines is 1. The second kappa shape index (κ2) is 13.1. The zero-order valence-electron chi connectivity index (χ0n) is 25.6. The number of aromatic nitrogens is 5. The molecule has 0 fully saturated rings. The predicted octanol–water partition coefficient (Wildman–Crippen LogP) is 6.86. The molecule has 0 bridgehead atoms. The first kappa shape index (κ1) is 29.0. The molecular weight excluding hydrogens is 572 g/mol. The number of aryl methyl sites for hydroxylation is 2. The van der Waals surface area contributed by atoms with Gasteiger partial charge in [-0.2, -0.15) is 0 Å². The van der Waals surface area contributed by atoms with E-state index >= 15 is 0 Å². The molecule has 0 aliphatic heterocycles. The van der Waals surface area contributed by atoms with E-state index in [4.69, 9.17) is 14.9 Å². The minimum absolute atomic E-state index is 0.259. The van der Waals surface area contributed by atoms with Gasteiger partial charge in [-0.1, -0.05) is 78.9 Å². The minimum atomic E-state index is -0.455. The van der Waals surface area contributed by atoms with E-state index in [2.05, 4.69) is 86.7 Å². The zero-order chi connectivity index (χ0) is 31.3. The number of carbonyl (C=O) groups excluding carboxylic acids is 1. The summed E-state index contributed by atoms with van der Waals surface area (Å²) < 4.78 is 7.55. The number of nitrogens with zero attached hydrogens (tertiary/aromatic N) is 4. The molecule has 0 spiro atoms. The van der Waals surface area contributed by atoms with Crippen molar-refractivity contribution in [3.8, 4) is 5.75 Å². The normalized spacial score (nSPS) is 11.9. The molecule has 4 aromatic carbocycles. The molecule has 2 N–H and O–H groups in total. The lowest BCUT2D eigenvalue weighted by Crippen LogP contribution is -2.33. The van der Waals surface area contributed by atoms with E-state index in [1.807, 2.05) is 36.4 Å². The fourth-order valence-corrected chi connectivity index (χ4v) is 6.00. The molecule has 0 saturated heterocycles. The zero-order valence-corrected chi connectivity index (χ0v) is 25.6. The Balaban J connectivity index is 1.26. The van der Waals surface area contributed by atoms with Gasteiger partial charge in [-0.3, -0.25) is 9.78 Å². The first-order valence-electron chi connectivity index (χ1n) is 15.4. The second-order valence-electron chi connectivity index (χ2n) is 11.4. The maximum atomic E-state index is 13.5. The van der Waals surface area contributed by atoms with Crippen LogP contribution < -0.4 is 10.1 Å². The standard InChI is InChI=1S/C38H34N6O2/c1-46-31-18-14-26(15-19-31)25-44-36(20-17-30-24-40-33-11-5-4-10-32(30)33)42-43-37(44)35(41-38(45)34-12-6-7-21-39-34)23-27-13-16-28-8-2-3-9-29(28)22-27/h2-16,18-19,21-22,24,35,40H,17,20,23,25H2,1H3,(H,41,45)/t35-/m1/s1. The monoisotopic (exact) mass is 606 g/mol. The van der Waals surface area contributed by atoms with Gasteiger partial charge in [-0.15, -0.1) is 10.2 Å². The lowest BCUT2D eigenvalue weighted by Gasteiger charge is -2.21. The summed E-state index contributed by atoms with van der Waals surface area (Å²) in [5.41, 5.74) is 4.87. The van der Waals surface area contributed by atoms with Crippen LogP contribution >= 0.6 is 0 Å². The molecule has 228 valence electrons. The van der Waals surface area contributed by atoms with Crippen molar-refractivity contribution in [1.29, 1.82) is 0 Å². The number of rotatable bonds is 11. The van der Waals surface area contributed by atoms with Crippen LogP contribution in [0.15, 0.2) is 122 Å². The van der Waals surface area contributed by atoms with E-state index in [0.29, 0.717) is 30.9 Å².